The molecule has 0 aliphatic carbocycles. The molecule has 2 nitrogen and oxygen atoms in total. The zero-order valence-electron chi connectivity index (χ0n) is 8.82. The van der Waals surface area contributed by atoms with Gasteiger partial charge in [-0.25, -0.2) is 0 Å². The molecule has 15 heavy (non-hydrogen) atoms. The van der Waals surface area contributed by atoms with E-state index >= 15 is 0 Å². The summed E-state index contributed by atoms with van der Waals surface area (Å²) in [6, 6.07) is 10.7. The van der Waals surface area contributed by atoms with Crippen molar-refractivity contribution >= 4 is 0 Å². The van der Waals surface area contributed by atoms with Crippen molar-refractivity contribution < 1.29 is 0 Å². The zero-order chi connectivity index (χ0) is 10.1. The van der Waals surface area contributed by atoms with Gasteiger partial charge in [0.15, 0.2) is 0 Å². The van der Waals surface area contributed by atoms with Gasteiger partial charge in [-0.1, -0.05) is 30.3 Å². The molecule has 1 aromatic carbocycles. The van der Waals surface area contributed by atoms with Crippen molar-refractivity contribution in [2.24, 2.45) is 5.92 Å². The third kappa shape index (κ3) is 1.72. The molecule has 2 heteroatoms. The Hall–Kier alpha value is -1.44. The normalized spacial score (nSPS) is 23.6. The summed E-state index contributed by atoms with van der Waals surface area (Å²) >= 11 is 0. The van der Waals surface area contributed by atoms with Gasteiger partial charge in [-0.3, -0.25) is 0 Å². The van der Waals surface area contributed by atoms with E-state index in [1.807, 2.05) is 0 Å². The second-order valence-corrected chi connectivity index (χ2v) is 4.41. The SMILES string of the molecule is C1=C2NCCC2CN1Cc1ccccc1. The minimum absolute atomic E-state index is 0.772. The molecule has 0 aromatic heterocycles. The highest BCUT2D eigenvalue weighted by Gasteiger charge is 2.27. The Kier molecular flexibility index (Phi) is 2.13. The van der Waals surface area contributed by atoms with Crippen molar-refractivity contribution in [3.05, 3.63) is 47.8 Å². The third-order valence-corrected chi connectivity index (χ3v) is 3.27. The van der Waals surface area contributed by atoms with Crippen LogP contribution >= 0.6 is 0 Å². The van der Waals surface area contributed by atoms with Gasteiger partial charge in [-0.05, 0) is 12.0 Å². The van der Waals surface area contributed by atoms with Crippen LogP contribution in [0, 0.1) is 5.92 Å². The Bertz CT molecular complexity index is 369. The van der Waals surface area contributed by atoms with E-state index in [0.717, 1.165) is 19.0 Å². The predicted molar refractivity (Wildman–Crippen MR) is 61.0 cm³/mol. The van der Waals surface area contributed by atoms with E-state index in [2.05, 4.69) is 46.7 Å². The zero-order valence-corrected chi connectivity index (χ0v) is 8.82. The molecule has 0 saturated carbocycles. The average molecular weight is 200 g/mol. The lowest BCUT2D eigenvalue weighted by Crippen LogP contribution is -2.17. The Morgan fingerprint density at radius 1 is 1.27 bits per heavy atom. The van der Waals surface area contributed by atoms with E-state index < -0.39 is 0 Å². The fourth-order valence-electron chi connectivity index (χ4n) is 2.49. The van der Waals surface area contributed by atoms with E-state index in [-0.39, 0.29) is 0 Å². The number of rotatable bonds is 2. The lowest BCUT2D eigenvalue weighted by Gasteiger charge is -2.16. The fourth-order valence-corrected chi connectivity index (χ4v) is 2.49. The van der Waals surface area contributed by atoms with Crippen LogP contribution < -0.4 is 5.32 Å². The highest BCUT2D eigenvalue weighted by atomic mass is 15.2. The van der Waals surface area contributed by atoms with Crippen LogP contribution in [0.4, 0.5) is 0 Å². The van der Waals surface area contributed by atoms with Gasteiger partial charge in [0, 0.05) is 37.4 Å². The summed E-state index contributed by atoms with van der Waals surface area (Å²) < 4.78 is 0. The minimum Gasteiger partial charge on any atom is -0.387 e. The van der Waals surface area contributed by atoms with Gasteiger partial charge in [0.1, 0.15) is 0 Å². The van der Waals surface area contributed by atoms with Crippen LogP contribution in [0.2, 0.25) is 0 Å². The maximum absolute atomic E-state index is 3.45. The van der Waals surface area contributed by atoms with Crippen molar-refractivity contribution in [2.75, 3.05) is 13.1 Å². The van der Waals surface area contributed by atoms with E-state index in [4.69, 9.17) is 0 Å². The van der Waals surface area contributed by atoms with E-state index in [0.29, 0.717) is 0 Å². The fraction of sp³-hybridized carbons (Fsp3) is 0.385. The van der Waals surface area contributed by atoms with Gasteiger partial charge in [-0.15, -0.1) is 0 Å². The van der Waals surface area contributed by atoms with Crippen LogP contribution in [0.1, 0.15) is 12.0 Å². The molecular formula is C13H16N2. The van der Waals surface area contributed by atoms with Crippen LogP contribution in [-0.4, -0.2) is 18.0 Å². The first-order chi connectivity index (χ1) is 7.42. The summed E-state index contributed by atoms with van der Waals surface area (Å²) in [5.41, 5.74) is 2.85. The molecule has 2 aliphatic heterocycles. The second kappa shape index (κ2) is 3.61. The molecule has 1 atom stereocenters. The largest absolute Gasteiger partial charge is 0.387 e. The lowest BCUT2D eigenvalue weighted by atomic mass is 10.1. The van der Waals surface area contributed by atoms with E-state index in [1.165, 1.54) is 24.2 Å². The van der Waals surface area contributed by atoms with Gasteiger partial charge in [-0.2, -0.15) is 0 Å². The Morgan fingerprint density at radius 2 is 2.13 bits per heavy atom. The molecule has 1 unspecified atom stereocenters. The second-order valence-electron chi connectivity index (χ2n) is 4.41. The third-order valence-electron chi connectivity index (χ3n) is 3.27. The van der Waals surface area contributed by atoms with Gasteiger partial charge >= 0.3 is 0 Å². The quantitative estimate of drug-likeness (QED) is 0.785. The predicted octanol–water partition coefficient (Wildman–Crippen LogP) is 1.95. The van der Waals surface area contributed by atoms with Crippen molar-refractivity contribution in [2.45, 2.75) is 13.0 Å². The molecule has 0 bridgehead atoms. The Balaban J connectivity index is 1.69. The lowest BCUT2D eigenvalue weighted by molar-refractivity contribution is 0.359. The number of fused-ring (bicyclic) bond motifs is 1. The molecule has 0 spiro atoms. The van der Waals surface area contributed by atoms with Crippen molar-refractivity contribution in [1.82, 2.24) is 10.2 Å². The van der Waals surface area contributed by atoms with Crippen LogP contribution in [0.3, 0.4) is 0 Å². The van der Waals surface area contributed by atoms with Crippen molar-refractivity contribution in [3.63, 3.8) is 0 Å². The van der Waals surface area contributed by atoms with Gasteiger partial charge in [0.05, 0.1) is 0 Å². The van der Waals surface area contributed by atoms with E-state index in [9.17, 15) is 0 Å². The van der Waals surface area contributed by atoms with Gasteiger partial charge < -0.3 is 10.2 Å². The summed E-state index contributed by atoms with van der Waals surface area (Å²) in [4.78, 5) is 2.42. The molecule has 78 valence electrons. The number of hydrogen-bond acceptors (Lipinski definition) is 2. The smallest absolute Gasteiger partial charge is 0.0424 e. The molecule has 0 amide bonds. The topological polar surface area (TPSA) is 15.3 Å². The molecule has 1 saturated heterocycles. The summed E-state index contributed by atoms with van der Waals surface area (Å²) in [6.45, 7) is 3.40. The maximum Gasteiger partial charge on any atom is 0.0424 e. The molecule has 1 fully saturated rings. The molecule has 0 radical (unpaired) electrons. The van der Waals surface area contributed by atoms with Crippen LogP contribution in [0.5, 0.6) is 0 Å². The standard InChI is InChI=1S/C13H16N2/c1-2-4-11(5-3-1)8-15-9-12-6-7-14-13(12)10-15/h1-5,10,12,14H,6-9H2. The monoisotopic (exact) mass is 200 g/mol. The van der Waals surface area contributed by atoms with Crippen molar-refractivity contribution in [1.29, 1.82) is 0 Å². The summed E-state index contributed by atoms with van der Waals surface area (Å²) in [6.07, 6.45) is 3.60. The van der Waals surface area contributed by atoms with Crippen LogP contribution in [0.25, 0.3) is 0 Å². The Morgan fingerprint density at radius 3 is 2.93 bits per heavy atom. The average Bonchev–Trinajstić information content (AvgIpc) is 2.79. The maximum atomic E-state index is 3.45. The van der Waals surface area contributed by atoms with Gasteiger partial charge in [0.2, 0.25) is 0 Å². The van der Waals surface area contributed by atoms with Crippen LogP contribution in [-0.2, 0) is 6.54 Å². The summed E-state index contributed by atoms with van der Waals surface area (Å²) in [7, 11) is 0. The molecular weight excluding hydrogens is 184 g/mol. The molecule has 2 aliphatic rings. The molecule has 1 aromatic rings. The first-order valence-corrected chi connectivity index (χ1v) is 5.65. The molecule has 2 heterocycles. The van der Waals surface area contributed by atoms with Crippen LogP contribution in [0.15, 0.2) is 42.2 Å². The highest BCUT2D eigenvalue weighted by Crippen LogP contribution is 2.27. The first kappa shape index (κ1) is 8.84. The first-order valence-electron chi connectivity index (χ1n) is 5.65. The summed E-state index contributed by atoms with van der Waals surface area (Å²) in [5.74, 6) is 0.772. The number of benzene rings is 1. The number of nitrogens with one attached hydrogen (secondary N) is 1. The van der Waals surface area contributed by atoms with Crippen molar-refractivity contribution in [3.8, 4) is 0 Å². The molecule has 1 N–H and O–H groups in total. The summed E-state index contributed by atoms with van der Waals surface area (Å²) in [5, 5.41) is 3.45. The van der Waals surface area contributed by atoms with E-state index in [1.54, 1.807) is 0 Å². The molecule has 3 rings (SSSR count). The number of hydrogen-bond donors (Lipinski definition) is 1. The minimum atomic E-state index is 0.772. The van der Waals surface area contributed by atoms with Gasteiger partial charge in [0.25, 0.3) is 0 Å². The number of nitrogens with zero attached hydrogens (tertiary/aromatic N) is 1. The highest BCUT2D eigenvalue weighted by molar-refractivity contribution is 5.19. The Labute approximate surface area is 90.6 Å².